The molecule has 1 aliphatic heterocycles. The van der Waals surface area contributed by atoms with Crippen LogP contribution in [0.2, 0.25) is 0 Å². The lowest BCUT2D eigenvalue weighted by atomic mass is 10.0. The van der Waals surface area contributed by atoms with Crippen LogP contribution in [0.3, 0.4) is 0 Å². The van der Waals surface area contributed by atoms with Gasteiger partial charge in [-0.25, -0.2) is 13.6 Å². The maximum absolute atomic E-state index is 12.7. The molecule has 0 radical (unpaired) electrons. The van der Waals surface area contributed by atoms with Gasteiger partial charge in [0.2, 0.25) is 0 Å². The van der Waals surface area contributed by atoms with Crippen molar-refractivity contribution in [3.63, 3.8) is 0 Å². The average Bonchev–Trinajstić information content (AvgIpc) is 2.94. The number of halogens is 2. The van der Waals surface area contributed by atoms with Crippen LogP contribution in [0.5, 0.6) is 11.5 Å². The van der Waals surface area contributed by atoms with Gasteiger partial charge in [0, 0.05) is 23.6 Å². The number of carbonyl (C=O) groups excluding carboxylic acids is 2. The summed E-state index contributed by atoms with van der Waals surface area (Å²) in [5, 5.41) is 8.55. The van der Waals surface area contributed by atoms with Crippen molar-refractivity contribution in [1.29, 1.82) is 0 Å². The monoisotopic (exact) mass is 524 g/mol. The Morgan fingerprint density at radius 1 is 1.16 bits per heavy atom. The predicted molar refractivity (Wildman–Crippen MR) is 136 cm³/mol. The van der Waals surface area contributed by atoms with Gasteiger partial charge in [-0.15, -0.1) is 0 Å². The molecule has 0 saturated carbocycles. The van der Waals surface area contributed by atoms with Crippen LogP contribution in [0, 0.1) is 0 Å². The lowest BCUT2D eigenvalue weighted by molar-refractivity contribution is 0.0712. The number of cyclic esters (lactones) is 1. The second kappa shape index (κ2) is 12.1. The smallest absolute Gasteiger partial charge is 0.431 e. The van der Waals surface area contributed by atoms with Gasteiger partial charge in [0.1, 0.15) is 18.4 Å². The van der Waals surface area contributed by atoms with Gasteiger partial charge in [0.25, 0.3) is 12.3 Å². The SMILES string of the molecule is CCC1OC(=O)N(Cc2ccc(NC(=O)c3cccnc3)cc2)N=C1c1ccc(OCC(F)F)c(OC)c1. The molecule has 0 bridgehead atoms. The number of hydrogen-bond donors (Lipinski definition) is 1. The van der Waals surface area contributed by atoms with E-state index in [1.54, 1.807) is 54.7 Å². The van der Waals surface area contributed by atoms with E-state index in [1.807, 2.05) is 6.92 Å². The zero-order chi connectivity index (χ0) is 27.1. The van der Waals surface area contributed by atoms with E-state index < -0.39 is 25.2 Å². The third-order valence-electron chi connectivity index (χ3n) is 5.65. The molecule has 11 heteroatoms. The number of hydrogen-bond acceptors (Lipinski definition) is 7. The quantitative estimate of drug-likeness (QED) is 0.395. The number of amides is 2. The molecule has 0 saturated heterocycles. The Hall–Kier alpha value is -4.54. The normalized spacial score (nSPS) is 15.1. The highest BCUT2D eigenvalue weighted by Crippen LogP contribution is 2.31. The topological polar surface area (TPSA) is 102 Å². The minimum absolute atomic E-state index is 0.127. The largest absolute Gasteiger partial charge is 0.493 e. The van der Waals surface area contributed by atoms with Crippen molar-refractivity contribution in [1.82, 2.24) is 9.99 Å². The zero-order valence-electron chi connectivity index (χ0n) is 20.8. The summed E-state index contributed by atoms with van der Waals surface area (Å²) in [6, 6.07) is 15.1. The lowest BCUT2D eigenvalue weighted by Gasteiger charge is -2.29. The highest BCUT2D eigenvalue weighted by atomic mass is 19.3. The van der Waals surface area contributed by atoms with Crippen molar-refractivity contribution >= 4 is 23.4 Å². The number of carbonyl (C=O) groups is 2. The number of nitrogens with zero attached hydrogens (tertiary/aromatic N) is 3. The van der Waals surface area contributed by atoms with Crippen molar-refractivity contribution in [2.24, 2.45) is 5.10 Å². The fraction of sp³-hybridized carbons (Fsp3) is 0.259. The maximum atomic E-state index is 12.7. The van der Waals surface area contributed by atoms with Gasteiger partial charge >= 0.3 is 6.09 Å². The molecule has 1 aliphatic rings. The first kappa shape index (κ1) is 26.5. The van der Waals surface area contributed by atoms with Gasteiger partial charge in [0.05, 0.1) is 19.2 Å². The molecule has 1 atom stereocenters. The summed E-state index contributed by atoms with van der Waals surface area (Å²) in [6.07, 6.45) is -0.268. The van der Waals surface area contributed by atoms with Crippen molar-refractivity contribution in [3.8, 4) is 11.5 Å². The van der Waals surface area contributed by atoms with E-state index in [0.717, 1.165) is 5.56 Å². The highest BCUT2D eigenvalue weighted by molar-refractivity contribution is 6.06. The van der Waals surface area contributed by atoms with E-state index in [2.05, 4.69) is 15.4 Å². The van der Waals surface area contributed by atoms with Gasteiger partial charge in [-0.1, -0.05) is 19.1 Å². The van der Waals surface area contributed by atoms with E-state index >= 15 is 0 Å². The molecular formula is C27H26F2N4O5. The van der Waals surface area contributed by atoms with Crippen LogP contribution in [-0.4, -0.2) is 54.0 Å². The fourth-order valence-corrected chi connectivity index (χ4v) is 3.76. The summed E-state index contributed by atoms with van der Waals surface area (Å²) < 4.78 is 41.2. The van der Waals surface area contributed by atoms with E-state index in [4.69, 9.17) is 14.2 Å². The Morgan fingerprint density at radius 3 is 2.61 bits per heavy atom. The number of ether oxygens (including phenoxy) is 3. The molecule has 9 nitrogen and oxygen atoms in total. The van der Waals surface area contributed by atoms with Gasteiger partial charge in [-0.3, -0.25) is 9.78 Å². The molecule has 38 heavy (non-hydrogen) atoms. The lowest BCUT2D eigenvalue weighted by Crippen LogP contribution is -2.41. The van der Waals surface area contributed by atoms with Crippen LogP contribution >= 0.6 is 0 Å². The Bertz CT molecular complexity index is 1300. The van der Waals surface area contributed by atoms with Crippen LogP contribution in [0.15, 0.2) is 72.1 Å². The van der Waals surface area contributed by atoms with Gasteiger partial charge in [0.15, 0.2) is 11.5 Å². The van der Waals surface area contributed by atoms with Crippen molar-refractivity contribution in [2.45, 2.75) is 32.4 Å². The van der Waals surface area contributed by atoms with E-state index in [9.17, 15) is 18.4 Å². The maximum Gasteiger partial charge on any atom is 0.431 e. The van der Waals surface area contributed by atoms with Crippen molar-refractivity contribution < 1.29 is 32.6 Å². The van der Waals surface area contributed by atoms with E-state index in [0.29, 0.717) is 28.9 Å². The highest BCUT2D eigenvalue weighted by Gasteiger charge is 2.31. The molecule has 3 aromatic rings. The molecule has 0 aliphatic carbocycles. The molecular weight excluding hydrogens is 498 g/mol. The number of pyridine rings is 1. The van der Waals surface area contributed by atoms with E-state index in [1.165, 1.54) is 24.4 Å². The molecule has 4 rings (SSSR count). The number of alkyl halides is 2. The van der Waals surface area contributed by atoms with Crippen LogP contribution in [0.1, 0.15) is 34.8 Å². The van der Waals surface area contributed by atoms with Gasteiger partial charge in [-0.2, -0.15) is 10.1 Å². The fourth-order valence-electron chi connectivity index (χ4n) is 3.76. The number of benzene rings is 2. The van der Waals surface area contributed by atoms with Gasteiger partial charge < -0.3 is 19.5 Å². The van der Waals surface area contributed by atoms with E-state index in [-0.39, 0.29) is 24.0 Å². The average molecular weight is 525 g/mol. The third kappa shape index (κ3) is 6.41. The molecule has 0 spiro atoms. The van der Waals surface area contributed by atoms with Crippen molar-refractivity contribution in [3.05, 3.63) is 83.7 Å². The van der Waals surface area contributed by atoms with Crippen LogP contribution in [0.25, 0.3) is 0 Å². The Balaban J connectivity index is 1.51. The standard InChI is InChI=1S/C27H26F2N4O5/c1-3-21-25(18-8-11-22(23(13-18)36-2)37-16-24(28)29)32-33(27(35)38-21)15-17-6-9-20(10-7-17)31-26(34)19-5-4-12-30-14-19/h4-14,21,24H,3,15-16H2,1-2H3,(H,31,34). The molecule has 1 unspecified atom stereocenters. The number of rotatable bonds is 10. The molecule has 1 N–H and O–H groups in total. The second-order valence-corrected chi connectivity index (χ2v) is 8.28. The number of nitrogens with one attached hydrogen (secondary N) is 1. The number of anilines is 1. The first-order valence-corrected chi connectivity index (χ1v) is 11.8. The number of aromatic nitrogens is 1. The first-order valence-electron chi connectivity index (χ1n) is 11.8. The molecule has 0 fully saturated rings. The minimum Gasteiger partial charge on any atom is -0.493 e. The molecule has 2 aromatic carbocycles. The Kier molecular flexibility index (Phi) is 8.47. The summed E-state index contributed by atoms with van der Waals surface area (Å²) in [5.41, 5.74) is 2.87. The summed E-state index contributed by atoms with van der Waals surface area (Å²) in [4.78, 5) is 28.9. The molecule has 198 valence electrons. The van der Waals surface area contributed by atoms with Crippen LogP contribution in [-0.2, 0) is 11.3 Å². The Morgan fingerprint density at radius 2 is 1.95 bits per heavy atom. The summed E-state index contributed by atoms with van der Waals surface area (Å²) >= 11 is 0. The summed E-state index contributed by atoms with van der Waals surface area (Å²) in [5.74, 6) is 0.144. The van der Waals surface area contributed by atoms with Crippen LogP contribution < -0.4 is 14.8 Å². The zero-order valence-corrected chi connectivity index (χ0v) is 20.8. The summed E-state index contributed by atoms with van der Waals surface area (Å²) in [7, 11) is 1.41. The van der Waals surface area contributed by atoms with Crippen LogP contribution in [0.4, 0.5) is 19.3 Å². The third-order valence-corrected chi connectivity index (χ3v) is 5.65. The molecule has 2 amide bonds. The molecule has 2 heterocycles. The first-order chi connectivity index (χ1) is 18.4. The molecule has 1 aromatic heterocycles. The second-order valence-electron chi connectivity index (χ2n) is 8.28. The number of hydrazone groups is 1. The Labute approximate surface area is 218 Å². The summed E-state index contributed by atoms with van der Waals surface area (Å²) in [6.45, 7) is 1.23. The minimum atomic E-state index is -2.62. The predicted octanol–water partition coefficient (Wildman–Crippen LogP) is 5.12. The van der Waals surface area contributed by atoms with Gasteiger partial charge in [-0.05, 0) is 54.4 Å². The number of methoxy groups -OCH3 is 1. The van der Waals surface area contributed by atoms with Crippen molar-refractivity contribution in [2.75, 3.05) is 19.0 Å².